The molecule has 1 aromatic heterocycles. The van der Waals surface area contributed by atoms with Gasteiger partial charge in [-0.2, -0.15) is 0 Å². The van der Waals surface area contributed by atoms with Gasteiger partial charge in [0.15, 0.2) is 11.5 Å². The summed E-state index contributed by atoms with van der Waals surface area (Å²) in [6.07, 6.45) is -1.16. The van der Waals surface area contributed by atoms with Crippen LogP contribution in [0.2, 0.25) is 0 Å². The average Bonchev–Trinajstić information content (AvgIpc) is 2.74. The Kier molecular flexibility index (Phi) is 3.59. The molecule has 0 aliphatic heterocycles. The van der Waals surface area contributed by atoms with Gasteiger partial charge in [0, 0.05) is 20.0 Å². The number of carbonyl (C=O) groups is 1. The number of aryl methyl sites for hydroxylation is 1. The number of rotatable bonds is 4. The zero-order valence-corrected chi connectivity index (χ0v) is 10.0. The zero-order valence-electron chi connectivity index (χ0n) is 10.0. The number of aliphatic hydroxyl groups excluding tert-OH is 1. The van der Waals surface area contributed by atoms with E-state index < -0.39 is 12.0 Å². The molecule has 1 unspecified atom stereocenters. The van der Waals surface area contributed by atoms with Gasteiger partial charge in [0.1, 0.15) is 11.6 Å². The van der Waals surface area contributed by atoms with Gasteiger partial charge < -0.3 is 20.6 Å². The van der Waals surface area contributed by atoms with Crippen molar-refractivity contribution in [2.24, 2.45) is 5.73 Å². The van der Waals surface area contributed by atoms with Gasteiger partial charge in [-0.1, -0.05) is 6.07 Å². The normalized spacial score (nSPS) is 12.6. The maximum atomic E-state index is 11.3. The molecule has 96 valence electrons. The van der Waals surface area contributed by atoms with Gasteiger partial charge >= 0.3 is 0 Å². The topological polar surface area (TPSA) is 101 Å². The minimum Gasteiger partial charge on any atom is -0.441 e. The van der Waals surface area contributed by atoms with Gasteiger partial charge in [-0.3, -0.25) is 4.79 Å². The highest BCUT2D eigenvalue weighted by Crippen LogP contribution is 2.16. The van der Waals surface area contributed by atoms with Crippen LogP contribution in [0.25, 0.3) is 11.1 Å². The van der Waals surface area contributed by atoms with Crippen LogP contribution in [0.15, 0.2) is 22.6 Å². The first kappa shape index (κ1) is 12.5. The molecule has 0 saturated carbocycles. The third-order valence-corrected chi connectivity index (χ3v) is 2.55. The summed E-state index contributed by atoms with van der Waals surface area (Å²) in [5.41, 5.74) is 7.53. The molecule has 6 heteroatoms. The van der Waals surface area contributed by atoms with Crippen LogP contribution in [0.5, 0.6) is 0 Å². The first-order chi connectivity index (χ1) is 8.60. The molecule has 6 nitrogen and oxygen atoms in total. The highest BCUT2D eigenvalue weighted by Gasteiger charge is 2.12. The fourth-order valence-electron chi connectivity index (χ4n) is 1.61. The second kappa shape index (κ2) is 5.16. The van der Waals surface area contributed by atoms with Crippen molar-refractivity contribution in [2.45, 2.75) is 19.6 Å². The van der Waals surface area contributed by atoms with Crippen LogP contribution in [0.4, 0.5) is 0 Å². The van der Waals surface area contributed by atoms with Gasteiger partial charge in [0.2, 0.25) is 5.91 Å². The molecule has 4 N–H and O–H groups in total. The molecule has 1 atom stereocenters. The number of benzene rings is 1. The van der Waals surface area contributed by atoms with Gasteiger partial charge in [-0.15, -0.1) is 0 Å². The number of nitrogens with two attached hydrogens (primary N) is 1. The number of amides is 1. The first-order valence-electron chi connectivity index (χ1n) is 5.62. The number of fused-ring (bicyclic) bond motifs is 1. The van der Waals surface area contributed by atoms with E-state index in [4.69, 9.17) is 10.2 Å². The molecule has 0 aliphatic carbocycles. The largest absolute Gasteiger partial charge is 0.441 e. The van der Waals surface area contributed by atoms with Crippen molar-refractivity contribution in [3.05, 3.63) is 29.7 Å². The molecule has 1 heterocycles. The monoisotopic (exact) mass is 249 g/mol. The second-order valence-electron chi connectivity index (χ2n) is 4.00. The highest BCUT2D eigenvalue weighted by atomic mass is 16.3. The van der Waals surface area contributed by atoms with Gasteiger partial charge in [-0.25, -0.2) is 4.98 Å². The van der Waals surface area contributed by atoms with E-state index in [1.54, 1.807) is 13.0 Å². The molecular weight excluding hydrogens is 234 g/mol. The van der Waals surface area contributed by atoms with Crippen LogP contribution < -0.4 is 11.1 Å². The molecule has 1 aromatic carbocycles. The molecule has 0 radical (unpaired) electrons. The lowest BCUT2D eigenvalue weighted by molar-refractivity contribution is -0.128. The molecular formula is C12H15N3O3. The van der Waals surface area contributed by atoms with Crippen molar-refractivity contribution in [1.29, 1.82) is 0 Å². The number of nitrogens with zero attached hydrogens (tertiary/aromatic N) is 1. The van der Waals surface area contributed by atoms with E-state index >= 15 is 0 Å². The Labute approximate surface area is 104 Å². The van der Waals surface area contributed by atoms with Crippen molar-refractivity contribution in [1.82, 2.24) is 10.3 Å². The average molecular weight is 249 g/mol. The molecule has 0 saturated heterocycles. The smallest absolute Gasteiger partial charge is 0.250 e. The van der Waals surface area contributed by atoms with Crippen LogP contribution in [-0.2, 0) is 11.3 Å². The van der Waals surface area contributed by atoms with Crippen LogP contribution >= 0.6 is 0 Å². The number of hydrogen-bond donors (Lipinski definition) is 3. The Morgan fingerprint density at radius 2 is 2.39 bits per heavy atom. The van der Waals surface area contributed by atoms with E-state index in [2.05, 4.69) is 10.3 Å². The summed E-state index contributed by atoms with van der Waals surface area (Å²) in [5, 5.41) is 11.8. The molecule has 2 aromatic rings. The minimum atomic E-state index is -1.16. The maximum Gasteiger partial charge on any atom is 0.250 e. The van der Waals surface area contributed by atoms with Crippen molar-refractivity contribution in [2.75, 3.05) is 6.54 Å². The molecule has 18 heavy (non-hydrogen) atoms. The number of nitrogens with one attached hydrogen (secondary N) is 1. The van der Waals surface area contributed by atoms with E-state index in [1.165, 1.54) is 0 Å². The molecule has 1 amide bonds. The van der Waals surface area contributed by atoms with Crippen LogP contribution in [0, 0.1) is 6.92 Å². The van der Waals surface area contributed by atoms with E-state index in [1.807, 2.05) is 12.1 Å². The number of carbonyl (C=O) groups excluding carboxylic acids is 1. The predicted octanol–water partition coefficient (Wildman–Crippen LogP) is 0.0720. The van der Waals surface area contributed by atoms with Crippen molar-refractivity contribution < 1.29 is 14.3 Å². The quantitative estimate of drug-likeness (QED) is 0.712. The Bertz CT molecular complexity index is 565. The van der Waals surface area contributed by atoms with Gasteiger partial charge in [0.05, 0.1) is 0 Å². The van der Waals surface area contributed by atoms with Crippen LogP contribution in [0.3, 0.4) is 0 Å². The summed E-state index contributed by atoms with van der Waals surface area (Å²) in [5.74, 6) is 0.124. The third-order valence-electron chi connectivity index (χ3n) is 2.55. The standard InChI is InChI=1S/C12H15N3O3/c1-7-15-9-4-8(2-3-11(9)18-7)6-14-12(17)10(16)5-13/h2-4,10,16H,5-6,13H2,1H3,(H,14,17). The lowest BCUT2D eigenvalue weighted by Crippen LogP contribution is -2.38. The summed E-state index contributed by atoms with van der Waals surface area (Å²) < 4.78 is 5.35. The predicted molar refractivity (Wildman–Crippen MR) is 65.7 cm³/mol. The Balaban J connectivity index is 2.05. The summed E-state index contributed by atoms with van der Waals surface area (Å²) >= 11 is 0. The van der Waals surface area contributed by atoms with E-state index in [-0.39, 0.29) is 6.54 Å². The Morgan fingerprint density at radius 3 is 3.11 bits per heavy atom. The lowest BCUT2D eigenvalue weighted by Gasteiger charge is -2.08. The summed E-state index contributed by atoms with van der Waals surface area (Å²) in [4.78, 5) is 15.5. The zero-order chi connectivity index (χ0) is 13.1. The summed E-state index contributed by atoms with van der Waals surface area (Å²) in [7, 11) is 0. The molecule has 0 fully saturated rings. The van der Waals surface area contributed by atoms with E-state index in [0.717, 1.165) is 11.1 Å². The van der Waals surface area contributed by atoms with Gasteiger partial charge in [-0.05, 0) is 17.7 Å². The fourth-order valence-corrected chi connectivity index (χ4v) is 1.61. The van der Waals surface area contributed by atoms with E-state index in [0.29, 0.717) is 18.0 Å². The van der Waals surface area contributed by atoms with Crippen molar-refractivity contribution >= 4 is 17.0 Å². The lowest BCUT2D eigenvalue weighted by atomic mass is 10.2. The third kappa shape index (κ3) is 2.66. The number of oxazole rings is 1. The minimum absolute atomic E-state index is 0.0899. The fraction of sp³-hybridized carbons (Fsp3) is 0.333. The second-order valence-corrected chi connectivity index (χ2v) is 4.00. The molecule has 0 spiro atoms. The van der Waals surface area contributed by atoms with Crippen molar-refractivity contribution in [3.8, 4) is 0 Å². The van der Waals surface area contributed by atoms with Crippen molar-refractivity contribution in [3.63, 3.8) is 0 Å². The first-order valence-corrected chi connectivity index (χ1v) is 5.62. The van der Waals surface area contributed by atoms with Gasteiger partial charge in [0.25, 0.3) is 0 Å². The summed E-state index contributed by atoms with van der Waals surface area (Å²) in [6, 6.07) is 5.47. The van der Waals surface area contributed by atoms with Crippen LogP contribution in [-0.4, -0.2) is 28.6 Å². The maximum absolute atomic E-state index is 11.3. The van der Waals surface area contributed by atoms with E-state index in [9.17, 15) is 9.90 Å². The Morgan fingerprint density at radius 1 is 1.61 bits per heavy atom. The Hall–Kier alpha value is -1.92. The molecule has 0 bridgehead atoms. The van der Waals surface area contributed by atoms with Crippen LogP contribution in [0.1, 0.15) is 11.5 Å². The number of aliphatic hydroxyl groups is 1. The highest BCUT2D eigenvalue weighted by molar-refractivity contribution is 5.81. The molecule has 2 rings (SSSR count). The molecule has 0 aliphatic rings. The number of hydrogen-bond acceptors (Lipinski definition) is 5. The number of aromatic nitrogens is 1. The summed E-state index contributed by atoms with van der Waals surface area (Å²) in [6.45, 7) is 2.00. The SMILES string of the molecule is Cc1nc2cc(CNC(=O)C(O)CN)ccc2o1.